The van der Waals surface area contributed by atoms with Crippen molar-refractivity contribution in [2.24, 2.45) is 5.14 Å². The van der Waals surface area contributed by atoms with Crippen molar-refractivity contribution in [2.75, 3.05) is 17.3 Å². The van der Waals surface area contributed by atoms with Gasteiger partial charge in [0.2, 0.25) is 10.0 Å². The van der Waals surface area contributed by atoms with E-state index in [-0.39, 0.29) is 10.6 Å². The van der Waals surface area contributed by atoms with Gasteiger partial charge < -0.3 is 14.4 Å². The van der Waals surface area contributed by atoms with Crippen molar-refractivity contribution in [3.05, 3.63) is 64.9 Å². The molecule has 0 aliphatic rings. The van der Waals surface area contributed by atoms with Gasteiger partial charge in [-0.1, -0.05) is 24.3 Å². The molecule has 1 heterocycles. The van der Waals surface area contributed by atoms with Crippen LogP contribution in [0.1, 0.15) is 4.88 Å². The summed E-state index contributed by atoms with van der Waals surface area (Å²) in [7, 11) is -2.45. The molecule has 0 saturated heterocycles. The van der Waals surface area contributed by atoms with Crippen molar-refractivity contribution >= 4 is 49.8 Å². The van der Waals surface area contributed by atoms with Crippen LogP contribution >= 0.6 is 11.3 Å². The molecule has 0 aliphatic heterocycles. The molecule has 29 heavy (non-hydrogen) atoms. The first-order valence-electron chi connectivity index (χ1n) is 8.31. The van der Waals surface area contributed by atoms with E-state index in [1.54, 1.807) is 11.9 Å². The molecule has 0 saturated carbocycles. The zero-order valence-corrected chi connectivity index (χ0v) is 17.8. The Morgan fingerprint density at radius 3 is 2.52 bits per heavy atom. The lowest BCUT2D eigenvalue weighted by Gasteiger charge is -2.24. The van der Waals surface area contributed by atoms with Gasteiger partial charge in [0.05, 0.1) is 11.4 Å². The van der Waals surface area contributed by atoms with Crippen molar-refractivity contribution in [1.82, 2.24) is 0 Å². The third-order valence-corrected chi connectivity index (χ3v) is 6.21. The van der Waals surface area contributed by atoms with Crippen LogP contribution in [0.15, 0.2) is 64.9 Å². The summed E-state index contributed by atoms with van der Waals surface area (Å²) < 4.78 is 49.8. The minimum Gasteiger partial charge on any atom is -0.378 e. The van der Waals surface area contributed by atoms with Crippen LogP contribution in [0.4, 0.5) is 17.1 Å². The van der Waals surface area contributed by atoms with Gasteiger partial charge in [-0.2, -0.15) is 4.21 Å². The maximum absolute atomic E-state index is 12.2. The summed E-state index contributed by atoms with van der Waals surface area (Å²) in [6.45, 7) is 0.426. The number of anilines is 3. The molecular weight excluding hydrogens is 434 g/mol. The number of para-hydroxylation sites is 1. The summed E-state index contributed by atoms with van der Waals surface area (Å²) in [5.74, 6) is -0.100. The molecule has 0 spiro atoms. The molecule has 1 atom stereocenters. The van der Waals surface area contributed by atoms with Gasteiger partial charge in [0.1, 0.15) is 4.90 Å². The van der Waals surface area contributed by atoms with E-state index in [1.807, 2.05) is 47.8 Å². The van der Waals surface area contributed by atoms with Crippen molar-refractivity contribution in [2.45, 2.75) is 11.4 Å². The van der Waals surface area contributed by atoms with E-state index in [4.69, 9.17) is 13.9 Å². The average Bonchev–Trinajstić information content (AvgIpc) is 3.19. The zero-order chi connectivity index (χ0) is 21.0. The first-order valence-corrected chi connectivity index (χ1v) is 11.8. The molecule has 8 nitrogen and oxygen atoms in total. The van der Waals surface area contributed by atoms with Crippen molar-refractivity contribution < 1.29 is 21.4 Å². The molecule has 1 aromatic heterocycles. The van der Waals surface area contributed by atoms with Crippen molar-refractivity contribution in [3.63, 3.8) is 0 Å². The molecule has 0 fully saturated rings. The van der Waals surface area contributed by atoms with Gasteiger partial charge in [-0.05, 0) is 29.6 Å². The minimum absolute atomic E-state index is 0.100. The van der Waals surface area contributed by atoms with Crippen LogP contribution < -0.4 is 19.5 Å². The predicted octanol–water partition coefficient (Wildman–Crippen LogP) is 3.29. The maximum atomic E-state index is 12.2. The largest absolute Gasteiger partial charge is 0.378 e. The number of hydrogen-bond donors (Lipinski definition) is 3. The molecule has 0 aliphatic carbocycles. The highest BCUT2D eigenvalue weighted by Crippen LogP contribution is 2.38. The number of thiophene rings is 1. The second kappa shape index (κ2) is 8.93. The number of nitrogens with one attached hydrogen (secondary N) is 1. The van der Waals surface area contributed by atoms with Crippen LogP contribution in [0.5, 0.6) is 5.75 Å². The van der Waals surface area contributed by atoms with Gasteiger partial charge in [0.15, 0.2) is 5.75 Å². The molecule has 0 radical (unpaired) electrons. The molecule has 11 heteroatoms. The normalized spacial score (nSPS) is 12.4. The highest BCUT2D eigenvalue weighted by Gasteiger charge is 2.23. The molecular formula is C18H19N3O5S3. The topological polar surface area (TPSA) is 122 Å². The Labute approximate surface area is 175 Å². The van der Waals surface area contributed by atoms with Crippen molar-refractivity contribution in [3.8, 4) is 5.75 Å². The van der Waals surface area contributed by atoms with Gasteiger partial charge in [0, 0.05) is 30.2 Å². The lowest BCUT2D eigenvalue weighted by molar-refractivity contribution is 0.458. The molecule has 2 aromatic carbocycles. The van der Waals surface area contributed by atoms with E-state index < -0.39 is 21.4 Å². The molecule has 3 aromatic rings. The van der Waals surface area contributed by atoms with Crippen LogP contribution in [0.3, 0.4) is 0 Å². The number of nitrogens with two attached hydrogens (primary N) is 1. The molecule has 3 rings (SSSR count). The second-order valence-corrected chi connectivity index (χ2v) is 9.15. The Kier molecular flexibility index (Phi) is 6.55. The van der Waals surface area contributed by atoms with Gasteiger partial charge in [-0.15, -0.1) is 11.3 Å². The van der Waals surface area contributed by atoms with E-state index in [2.05, 4.69) is 5.32 Å². The first kappa shape index (κ1) is 21.3. The Morgan fingerprint density at radius 2 is 1.93 bits per heavy atom. The number of benzene rings is 2. The number of sulfonamides is 1. The summed E-state index contributed by atoms with van der Waals surface area (Å²) in [6, 6.07) is 15.6. The van der Waals surface area contributed by atoms with E-state index in [0.29, 0.717) is 17.9 Å². The van der Waals surface area contributed by atoms with Crippen LogP contribution in [-0.2, 0) is 27.9 Å². The van der Waals surface area contributed by atoms with E-state index in [9.17, 15) is 12.6 Å². The summed E-state index contributed by atoms with van der Waals surface area (Å²) in [6.07, 6.45) is 0. The Balaban J connectivity index is 2.11. The van der Waals surface area contributed by atoms with Crippen LogP contribution in [-0.4, -0.2) is 24.2 Å². The summed E-state index contributed by atoms with van der Waals surface area (Å²) in [4.78, 5) is 2.45. The fraction of sp³-hybridized carbons (Fsp3) is 0.111. The van der Waals surface area contributed by atoms with Gasteiger partial charge in [0.25, 0.3) is 0 Å². The first-order chi connectivity index (χ1) is 13.8. The molecule has 0 bridgehead atoms. The molecule has 4 N–H and O–H groups in total. The standard InChI is InChI=1S/C18H19N3O5S3/c1-21(13-6-3-2-4-7-13)16-10-15(20-12-14-8-5-9-27-14)17(26-28(22)23)11-18(16)29(19,24)25/h2-11,20H,12H2,1H3,(H,22,23)(H2,19,24,25). The third-order valence-electron chi connectivity index (χ3n) is 4.07. The van der Waals surface area contributed by atoms with Gasteiger partial charge >= 0.3 is 11.4 Å². The number of hydrogen-bond acceptors (Lipinski definition) is 7. The van der Waals surface area contributed by atoms with Crippen LogP contribution in [0.25, 0.3) is 0 Å². The van der Waals surface area contributed by atoms with Gasteiger partial charge in [-0.25, -0.2) is 13.6 Å². The summed E-state index contributed by atoms with van der Waals surface area (Å²) >= 11 is -1.10. The van der Waals surface area contributed by atoms with Gasteiger partial charge in [-0.3, -0.25) is 4.55 Å². The molecule has 154 valence electrons. The smallest absolute Gasteiger partial charge is 0.357 e. The third kappa shape index (κ3) is 5.34. The second-order valence-electron chi connectivity index (χ2n) is 5.99. The van der Waals surface area contributed by atoms with Crippen LogP contribution in [0.2, 0.25) is 0 Å². The lowest BCUT2D eigenvalue weighted by atomic mass is 10.2. The SMILES string of the molecule is CN(c1ccccc1)c1cc(NCc2cccs2)c(OS(=O)O)cc1S(N)(=O)=O. The summed E-state index contributed by atoms with van der Waals surface area (Å²) in [5.41, 5.74) is 1.38. The lowest BCUT2D eigenvalue weighted by Crippen LogP contribution is -2.19. The van der Waals surface area contributed by atoms with E-state index >= 15 is 0 Å². The molecule has 0 amide bonds. The highest BCUT2D eigenvalue weighted by atomic mass is 32.2. The number of primary sulfonamides is 1. The monoisotopic (exact) mass is 453 g/mol. The average molecular weight is 454 g/mol. The van der Waals surface area contributed by atoms with E-state index in [0.717, 1.165) is 16.6 Å². The fourth-order valence-corrected chi connectivity index (χ4v) is 4.40. The Bertz CT molecular complexity index is 1100. The Morgan fingerprint density at radius 1 is 1.21 bits per heavy atom. The number of nitrogens with zero attached hydrogens (tertiary/aromatic N) is 1. The minimum atomic E-state index is -4.15. The zero-order valence-electron chi connectivity index (χ0n) is 15.3. The van der Waals surface area contributed by atoms with E-state index in [1.165, 1.54) is 17.4 Å². The number of rotatable bonds is 8. The summed E-state index contributed by atoms with van der Waals surface area (Å²) in [5, 5.41) is 10.5. The quantitative estimate of drug-likeness (QED) is 0.447. The fourth-order valence-electron chi connectivity index (χ4n) is 2.71. The van der Waals surface area contributed by atoms with Crippen molar-refractivity contribution in [1.29, 1.82) is 0 Å². The Hall–Kier alpha value is -2.44. The maximum Gasteiger partial charge on any atom is 0.357 e. The highest BCUT2D eigenvalue weighted by molar-refractivity contribution is 7.89. The van der Waals surface area contributed by atoms with Crippen LogP contribution in [0, 0.1) is 0 Å². The predicted molar refractivity (Wildman–Crippen MR) is 115 cm³/mol. The molecule has 1 unspecified atom stereocenters.